The molecule has 2 rings (SSSR count). The molecule has 2 aromatic heterocycles. The molecule has 0 unspecified atom stereocenters. The topological polar surface area (TPSA) is 77.8 Å². The van der Waals surface area contributed by atoms with Gasteiger partial charge in [0.25, 0.3) is 0 Å². The molecule has 0 spiro atoms. The van der Waals surface area contributed by atoms with Gasteiger partial charge in [-0.05, 0) is 19.4 Å². The Bertz CT molecular complexity index is 539. The second-order valence-corrected chi connectivity index (χ2v) is 3.89. The summed E-state index contributed by atoms with van der Waals surface area (Å²) in [7, 11) is 1.76. The average Bonchev–Trinajstić information content (AvgIpc) is 2.87. The van der Waals surface area contributed by atoms with Crippen molar-refractivity contribution in [1.29, 1.82) is 0 Å². The molecule has 0 atom stereocenters. The summed E-state index contributed by atoms with van der Waals surface area (Å²) in [6.07, 6.45) is 2.74. The molecule has 0 fully saturated rings. The van der Waals surface area contributed by atoms with Crippen LogP contribution < -0.4 is 10.1 Å². The van der Waals surface area contributed by atoms with Crippen LogP contribution in [0.3, 0.4) is 0 Å². The summed E-state index contributed by atoms with van der Waals surface area (Å²) in [4.78, 5) is 12.8. The summed E-state index contributed by atoms with van der Waals surface area (Å²) in [6.45, 7) is 5.33. The van der Waals surface area contributed by atoms with Crippen LogP contribution in [0.4, 0.5) is 5.95 Å². The Morgan fingerprint density at radius 3 is 2.79 bits per heavy atom. The Hall–Kier alpha value is -2.18. The zero-order chi connectivity index (χ0) is 13.7. The number of aromatic nitrogens is 5. The molecule has 0 aliphatic heterocycles. The molecular weight excluding hydrogens is 244 g/mol. The number of anilines is 1. The molecule has 0 aliphatic carbocycles. The van der Waals surface area contributed by atoms with Gasteiger partial charge in [-0.2, -0.15) is 20.1 Å². The molecule has 7 nitrogen and oxygen atoms in total. The molecule has 0 aliphatic rings. The van der Waals surface area contributed by atoms with Crippen molar-refractivity contribution >= 4 is 5.95 Å². The van der Waals surface area contributed by atoms with E-state index in [0.717, 1.165) is 18.7 Å². The third kappa shape index (κ3) is 2.98. The van der Waals surface area contributed by atoms with Gasteiger partial charge in [0.05, 0.1) is 6.61 Å². The third-order valence-electron chi connectivity index (χ3n) is 2.49. The van der Waals surface area contributed by atoms with Crippen LogP contribution in [-0.2, 0) is 6.54 Å². The van der Waals surface area contributed by atoms with Crippen LogP contribution in [0.2, 0.25) is 0 Å². The molecule has 0 radical (unpaired) electrons. The highest BCUT2D eigenvalue weighted by molar-refractivity contribution is 5.51. The first kappa shape index (κ1) is 13.3. The summed E-state index contributed by atoms with van der Waals surface area (Å²) < 4.78 is 7.23. The molecule has 0 amide bonds. The Morgan fingerprint density at radius 2 is 2.11 bits per heavy atom. The minimum atomic E-state index is 0.320. The van der Waals surface area contributed by atoms with E-state index in [4.69, 9.17) is 4.74 Å². The van der Waals surface area contributed by atoms with E-state index in [1.165, 1.54) is 0 Å². The van der Waals surface area contributed by atoms with Crippen molar-refractivity contribution in [3.8, 4) is 17.5 Å². The minimum absolute atomic E-state index is 0.320. The van der Waals surface area contributed by atoms with E-state index in [9.17, 15) is 0 Å². The van der Waals surface area contributed by atoms with Crippen molar-refractivity contribution in [1.82, 2.24) is 24.7 Å². The third-order valence-corrected chi connectivity index (χ3v) is 2.49. The fraction of sp³-hybridized carbons (Fsp3) is 0.500. The lowest BCUT2D eigenvalue weighted by Gasteiger charge is -2.08. The van der Waals surface area contributed by atoms with Gasteiger partial charge in [-0.25, -0.2) is 0 Å². The fourth-order valence-electron chi connectivity index (χ4n) is 1.69. The molecule has 1 N–H and O–H groups in total. The van der Waals surface area contributed by atoms with Crippen LogP contribution in [0.5, 0.6) is 6.01 Å². The maximum absolute atomic E-state index is 5.36. The fourth-order valence-corrected chi connectivity index (χ4v) is 1.69. The van der Waals surface area contributed by atoms with Crippen molar-refractivity contribution in [3.63, 3.8) is 0 Å². The van der Waals surface area contributed by atoms with E-state index in [0.29, 0.717) is 24.4 Å². The number of rotatable bonds is 6. The van der Waals surface area contributed by atoms with Crippen LogP contribution in [-0.4, -0.2) is 38.4 Å². The van der Waals surface area contributed by atoms with Gasteiger partial charge in [-0.15, -0.1) is 0 Å². The second kappa shape index (κ2) is 6.12. The van der Waals surface area contributed by atoms with E-state index >= 15 is 0 Å². The number of ether oxygens (including phenoxy) is 1. The Kier molecular flexibility index (Phi) is 4.27. The predicted molar refractivity (Wildman–Crippen MR) is 72.1 cm³/mol. The van der Waals surface area contributed by atoms with Crippen LogP contribution in [0.1, 0.15) is 20.3 Å². The van der Waals surface area contributed by atoms with Gasteiger partial charge in [-0.1, -0.05) is 6.92 Å². The van der Waals surface area contributed by atoms with Crippen molar-refractivity contribution in [2.75, 3.05) is 19.0 Å². The molecule has 0 saturated heterocycles. The summed E-state index contributed by atoms with van der Waals surface area (Å²) in [5.41, 5.74) is 0.863. The number of nitrogens with one attached hydrogen (secondary N) is 1. The summed E-state index contributed by atoms with van der Waals surface area (Å²) in [5, 5.41) is 7.18. The highest BCUT2D eigenvalue weighted by atomic mass is 16.5. The van der Waals surface area contributed by atoms with Gasteiger partial charge < -0.3 is 10.1 Å². The molecule has 102 valence electrons. The Labute approximate surface area is 112 Å². The van der Waals surface area contributed by atoms with E-state index in [-0.39, 0.29) is 0 Å². The van der Waals surface area contributed by atoms with Gasteiger partial charge in [0.15, 0.2) is 5.82 Å². The van der Waals surface area contributed by atoms with Crippen LogP contribution in [0.25, 0.3) is 11.5 Å². The number of hydrogen-bond donors (Lipinski definition) is 1. The molecule has 2 heterocycles. The van der Waals surface area contributed by atoms with E-state index in [2.05, 4.69) is 32.3 Å². The predicted octanol–water partition coefficient (Wildman–Crippen LogP) is 1.59. The number of hydrogen-bond acceptors (Lipinski definition) is 6. The normalized spacial score (nSPS) is 10.5. The zero-order valence-electron chi connectivity index (χ0n) is 11.4. The lowest BCUT2D eigenvalue weighted by Crippen LogP contribution is -2.08. The standard InChI is InChI=1S/C12H18N6O/c1-4-8-18-9(6-7-14-18)10-15-11(13-3)17-12(16-10)19-5-2/h6-7H,4-5,8H2,1-3H3,(H,13,15,16,17). The van der Waals surface area contributed by atoms with Crippen molar-refractivity contribution in [2.45, 2.75) is 26.8 Å². The summed E-state index contributed by atoms with van der Waals surface area (Å²) in [6, 6.07) is 2.21. The first-order chi connectivity index (χ1) is 9.28. The minimum Gasteiger partial charge on any atom is -0.464 e. The largest absolute Gasteiger partial charge is 0.464 e. The maximum atomic E-state index is 5.36. The zero-order valence-corrected chi connectivity index (χ0v) is 11.4. The van der Waals surface area contributed by atoms with Gasteiger partial charge in [0.2, 0.25) is 5.95 Å². The van der Waals surface area contributed by atoms with Crippen molar-refractivity contribution in [3.05, 3.63) is 12.3 Å². The SMILES string of the molecule is CCCn1nccc1-c1nc(NC)nc(OCC)n1. The quantitative estimate of drug-likeness (QED) is 0.851. The van der Waals surface area contributed by atoms with Crippen molar-refractivity contribution < 1.29 is 4.74 Å². The van der Waals surface area contributed by atoms with Crippen LogP contribution in [0.15, 0.2) is 12.3 Å². The highest BCUT2D eigenvalue weighted by Crippen LogP contribution is 2.18. The number of aryl methyl sites for hydroxylation is 1. The van der Waals surface area contributed by atoms with Gasteiger partial charge in [-0.3, -0.25) is 4.68 Å². The molecule has 19 heavy (non-hydrogen) atoms. The molecule has 0 aromatic carbocycles. The first-order valence-electron chi connectivity index (χ1n) is 6.37. The number of nitrogens with zero attached hydrogens (tertiary/aromatic N) is 5. The smallest absolute Gasteiger partial charge is 0.321 e. The summed E-state index contributed by atoms with van der Waals surface area (Å²) >= 11 is 0. The maximum Gasteiger partial charge on any atom is 0.321 e. The Morgan fingerprint density at radius 1 is 1.26 bits per heavy atom. The molecule has 7 heteroatoms. The Balaban J connectivity index is 2.42. The lowest BCUT2D eigenvalue weighted by molar-refractivity contribution is 0.312. The second-order valence-electron chi connectivity index (χ2n) is 3.89. The van der Waals surface area contributed by atoms with Crippen LogP contribution >= 0.6 is 0 Å². The summed E-state index contributed by atoms with van der Waals surface area (Å²) in [5.74, 6) is 1.05. The monoisotopic (exact) mass is 262 g/mol. The molecule has 0 saturated carbocycles. The van der Waals surface area contributed by atoms with Crippen molar-refractivity contribution in [2.24, 2.45) is 0 Å². The average molecular weight is 262 g/mol. The van der Waals surface area contributed by atoms with Crippen LogP contribution in [0, 0.1) is 0 Å². The van der Waals surface area contributed by atoms with Gasteiger partial charge in [0.1, 0.15) is 5.69 Å². The first-order valence-corrected chi connectivity index (χ1v) is 6.37. The molecular formula is C12H18N6O. The van der Waals surface area contributed by atoms with Gasteiger partial charge in [0, 0.05) is 19.8 Å². The lowest BCUT2D eigenvalue weighted by atomic mass is 10.4. The molecule has 0 bridgehead atoms. The van der Waals surface area contributed by atoms with E-state index in [1.807, 2.05) is 17.7 Å². The van der Waals surface area contributed by atoms with E-state index in [1.54, 1.807) is 13.2 Å². The molecule has 2 aromatic rings. The van der Waals surface area contributed by atoms with E-state index < -0.39 is 0 Å². The highest BCUT2D eigenvalue weighted by Gasteiger charge is 2.12. The van der Waals surface area contributed by atoms with Gasteiger partial charge >= 0.3 is 6.01 Å².